The van der Waals surface area contributed by atoms with Crippen molar-refractivity contribution in [3.8, 4) is 0 Å². The van der Waals surface area contributed by atoms with Gasteiger partial charge in [-0.1, -0.05) is 0 Å². The van der Waals surface area contributed by atoms with Gasteiger partial charge in [0.1, 0.15) is 0 Å². The fourth-order valence-corrected chi connectivity index (χ4v) is 1.46. The first kappa shape index (κ1) is 9.45. The van der Waals surface area contributed by atoms with Crippen LogP contribution in [0.4, 0.5) is 0 Å². The second-order valence-corrected chi connectivity index (χ2v) is 3.19. The molecule has 78 valence electrons. The number of aromatic nitrogens is 4. The summed E-state index contributed by atoms with van der Waals surface area (Å²) in [6.07, 6.45) is 3.25. The molecule has 2 heterocycles. The molecule has 0 aliphatic rings. The van der Waals surface area contributed by atoms with E-state index >= 15 is 0 Å². The zero-order chi connectivity index (χ0) is 10.8. The molecule has 0 fully saturated rings. The minimum absolute atomic E-state index is 0.310. The van der Waals surface area contributed by atoms with Crippen LogP contribution >= 0.6 is 0 Å². The topological polar surface area (TPSA) is 83.5 Å². The van der Waals surface area contributed by atoms with Gasteiger partial charge in [0.05, 0.1) is 6.04 Å². The van der Waals surface area contributed by atoms with E-state index in [0.717, 1.165) is 10.1 Å². The number of hydrogen-bond donors (Lipinski definition) is 2. The molecular formula is C9H10N4O2. The number of nitrogens with zero attached hydrogens (tertiary/aromatic N) is 2. The zero-order valence-corrected chi connectivity index (χ0v) is 8.10. The lowest BCUT2D eigenvalue weighted by atomic mass is 10.1. The molecule has 2 aromatic heterocycles. The molecule has 0 aliphatic carbocycles. The number of hydrogen-bond acceptors (Lipinski definition) is 3. The maximum atomic E-state index is 11.3. The highest BCUT2D eigenvalue weighted by Crippen LogP contribution is 2.11. The van der Waals surface area contributed by atoms with Gasteiger partial charge in [-0.25, -0.2) is 24.4 Å². The van der Waals surface area contributed by atoms with E-state index < -0.39 is 11.4 Å². The van der Waals surface area contributed by atoms with Crippen molar-refractivity contribution in [2.24, 2.45) is 0 Å². The fourth-order valence-electron chi connectivity index (χ4n) is 1.46. The SMILES string of the molecule is CC(c1ccncc1)n1c(=O)[nH][nH]c1=O. The van der Waals surface area contributed by atoms with Gasteiger partial charge >= 0.3 is 11.4 Å². The van der Waals surface area contributed by atoms with Crippen LogP contribution in [0.1, 0.15) is 18.5 Å². The Labute approximate surface area is 84.6 Å². The molecule has 0 amide bonds. The minimum Gasteiger partial charge on any atom is -0.265 e. The van der Waals surface area contributed by atoms with Gasteiger partial charge in [-0.15, -0.1) is 0 Å². The van der Waals surface area contributed by atoms with Crippen LogP contribution in [-0.2, 0) is 0 Å². The van der Waals surface area contributed by atoms with Crippen molar-refractivity contribution in [2.75, 3.05) is 0 Å². The summed E-state index contributed by atoms with van der Waals surface area (Å²) in [5, 5.41) is 4.48. The molecule has 0 bridgehead atoms. The van der Waals surface area contributed by atoms with Crippen LogP contribution in [0.3, 0.4) is 0 Å². The van der Waals surface area contributed by atoms with Gasteiger partial charge in [0.2, 0.25) is 0 Å². The maximum Gasteiger partial charge on any atom is 0.344 e. The Morgan fingerprint density at radius 1 is 1.20 bits per heavy atom. The van der Waals surface area contributed by atoms with Crippen LogP contribution in [0.5, 0.6) is 0 Å². The maximum absolute atomic E-state index is 11.3. The molecule has 6 heteroatoms. The van der Waals surface area contributed by atoms with E-state index in [1.807, 2.05) is 0 Å². The highest BCUT2D eigenvalue weighted by Gasteiger charge is 2.12. The van der Waals surface area contributed by atoms with Crippen LogP contribution < -0.4 is 11.4 Å². The summed E-state index contributed by atoms with van der Waals surface area (Å²) in [7, 11) is 0. The molecule has 0 spiro atoms. The first-order valence-corrected chi connectivity index (χ1v) is 4.49. The highest BCUT2D eigenvalue weighted by molar-refractivity contribution is 5.14. The summed E-state index contributed by atoms with van der Waals surface area (Å²) < 4.78 is 1.12. The first-order valence-electron chi connectivity index (χ1n) is 4.49. The lowest BCUT2D eigenvalue weighted by Crippen LogP contribution is -2.30. The molecule has 2 N–H and O–H groups in total. The molecular weight excluding hydrogens is 196 g/mol. The second-order valence-electron chi connectivity index (χ2n) is 3.19. The monoisotopic (exact) mass is 206 g/mol. The quantitative estimate of drug-likeness (QED) is 0.717. The highest BCUT2D eigenvalue weighted by atomic mass is 16.2. The van der Waals surface area contributed by atoms with Gasteiger partial charge in [-0.05, 0) is 24.6 Å². The van der Waals surface area contributed by atoms with Crippen molar-refractivity contribution in [1.82, 2.24) is 19.7 Å². The molecule has 15 heavy (non-hydrogen) atoms. The Kier molecular flexibility index (Phi) is 2.24. The van der Waals surface area contributed by atoms with Crippen LogP contribution in [0, 0.1) is 0 Å². The average molecular weight is 206 g/mol. The van der Waals surface area contributed by atoms with E-state index in [1.54, 1.807) is 31.5 Å². The third kappa shape index (κ3) is 1.61. The molecule has 1 unspecified atom stereocenters. The largest absolute Gasteiger partial charge is 0.344 e. The Hall–Kier alpha value is -2.11. The van der Waals surface area contributed by atoms with E-state index in [4.69, 9.17) is 0 Å². The molecule has 0 saturated heterocycles. The fraction of sp³-hybridized carbons (Fsp3) is 0.222. The lowest BCUT2D eigenvalue weighted by molar-refractivity contribution is 0.596. The molecule has 0 aromatic carbocycles. The predicted octanol–water partition coefficient (Wildman–Crippen LogP) is -0.131. The van der Waals surface area contributed by atoms with Crippen molar-refractivity contribution in [2.45, 2.75) is 13.0 Å². The van der Waals surface area contributed by atoms with Gasteiger partial charge in [0.25, 0.3) is 0 Å². The Morgan fingerprint density at radius 2 is 1.73 bits per heavy atom. The lowest BCUT2D eigenvalue weighted by Gasteiger charge is -2.09. The predicted molar refractivity (Wildman–Crippen MR) is 53.7 cm³/mol. The number of aromatic amines is 2. The van der Waals surface area contributed by atoms with Gasteiger partial charge in [-0.2, -0.15) is 0 Å². The average Bonchev–Trinajstić information content (AvgIpc) is 2.59. The van der Waals surface area contributed by atoms with Crippen LogP contribution in [0.2, 0.25) is 0 Å². The van der Waals surface area contributed by atoms with E-state index in [9.17, 15) is 9.59 Å². The zero-order valence-electron chi connectivity index (χ0n) is 8.10. The van der Waals surface area contributed by atoms with E-state index in [-0.39, 0.29) is 6.04 Å². The van der Waals surface area contributed by atoms with E-state index in [0.29, 0.717) is 0 Å². The molecule has 2 rings (SSSR count). The first-order chi connectivity index (χ1) is 7.20. The van der Waals surface area contributed by atoms with Gasteiger partial charge in [0, 0.05) is 12.4 Å². The summed E-state index contributed by atoms with van der Waals surface area (Å²) in [5.74, 6) is 0. The summed E-state index contributed by atoms with van der Waals surface area (Å²) >= 11 is 0. The normalized spacial score (nSPS) is 12.6. The third-order valence-electron chi connectivity index (χ3n) is 2.29. The second kappa shape index (κ2) is 3.56. The molecule has 2 aromatic rings. The van der Waals surface area contributed by atoms with Gasteiger partial charge < -0.3 is 0 Å². The minimum atomic E-state index is -0.440. The van der Waals surface area contributed by atoms with Crippen LogP contribution in [0.15, 0.2) is 34.1 Å². The third-order valence-corrected chi connectivity index (χ3v) is 2.29. The standard InChI is InChI=1S/C9H10N4O2/c1-6(7-2-4-10-5-3-7)13-8(14)11-12-9(13)15/h2-6H,1H3,(H,11,14)(H,12,15). The van der Waals surface area contributed by atoms with E-state index in [2.05, 4.69) is 15.2 Å². The number of nitrogens with one attached hydrogen (secondary N) is 2. The van der Waals surface area contributed by atoms with Crippen molar-refractivity contribution >= 4 is 0 Å². The van der Waals surface area contributed by atoms with Crippen LogP contribution in [0.25, 0.3) is 0 Å². The Balaban J connectivity index is 2.50. The summed E-state index contributed by atoms with van der Waals surface area (Å²) in [6.45, 7) is 1.78. The summed E-state index contributed by atoms with van der Waals surface area (Å²) in [6, 6.07) is 3.23. The van der Waals surface area contributed by atoms with Crippen molar-refractivity contribution in [3.05, 3.63) is 51.1 Å². The number of rotatable bonds is 2. The van der Waals surface area contributed by atoms with Gasteiger partial charge in [0.15, 0.2) is 0 Å². The molecule has 0 aliphatic heterocycles. The van der Waals surface area contributed by atoms with Crippen LogP contribution in [-0.4, -0.2) is 19.7 Å². The molecule has 0 radical (unpaired) electrons. The van der Waals surface area contributed by atoms with Crippen molar-refractivity contribution in [1.29, 1.82) is 0 Å². The molecule has 1 atom stereocenters. The molecule has 0 saturated carbocycles. The van der Waals surface area contributed by atoms with Crippen molar-refractivity contribution in [3.63, 3.8) is 0 Å². The molecule has 6 nitrogen and oxygen atoms in total. The van der Waals surface area contributed by atoms with E-state index in [1.165, 1.54) is 0 Å². The smallest absolute Gasteiger partial charge is 0.265 e. The summed E-state index contributed by atoms with van der Waals surface area (Å²) in [4.78, 5) is 26.5. The Morgan fingerprint density at radius 3 is 2.27 bits per heavy atom. The number of H-pyrrole nitrogens is 2. The number of pyridine rings is 1. The van der Waals surface area contributed by atoms with Crippen molar-refractivity contribution < 1.29 is 0 Å². The summed E-state index contributed by atoms with van der Waals surface area (Å²) in [5.41, 5.74) is -0.0224. The van der Waals surface area contributed by atoms with Gasteiger partial charge in [-0.3, -0.25) is 4.98 Å². The Bertz CT molecular complexity index is 524.